The zero-order chi connectivity index (χ0) is 23.8. The van der Waals surface area contributed by atoms with E-state index >= 15 is 0 Å². The summed E-state index contributed by atoms with van der Waals surface area (Å²) in [6.07, 6.45) is 2.66. The van der Waals surface area contributed by atoms with Crippen LogP contribution in [0.5, 0.6) is 0 Å². The highest BCUT2D eigenvalue weighted by molar-refractivity contribution is 5.94. The first-order valence-electron chi connectivity index (χ1n) is 11.2. The average Bonchev–Trinajstić information content (AvgIpc) is 3.48. The molecule has 8 nitrogen and oxygen atoms in total. The quantitative estimate of drug-likeness (QED) is 0.495. The summed E-state index contributed by atoms with van der Waals surface area (Å²) in [6.45, 7) is 2.53. The van der Waals surface area contributed by atoms with E-state index < -0.39 is 0 Å². The van der Waals surface area contributed by atoms with Crippen molar-refractivity contribution in [3.8, 4) is 16.9 Å². The van der Waals surface area contributed by atoms with E-state index in [4.69, 9.17) is 0 Å². The van der Waals surface area contributed by atoms with Crippen LogP contribution >= 0.6 is 0 Å². The lowest BCUT2D eigenvalue weighted by molar-refractivity contribution is 0.0785. The van der Waals surface area contributed by atoms with Gasteiger partial charge in [-0.25, -0.2) is 9.07 Å². The SMILES string of the molecule is CN(C)C[C@@H]1CCN(C(=O)c2ccc(-n3cc(-c4cc5cc(F)ccc5[nH]c4=O)nn3)cc2)C1. The fraction of sp³-hybridized carbons (Fsp3) is 0.280. The number of halogens is 1. The first-order valence-corrected chi connectivity index (χ1v) is 11.2. The smallest absolute Gasteiger partial charge is 0.258 e. The summed E-state index contributed by atoms with van der Waals surface area (Å²) in [5.74, 6) is 0.148. The normalized spacial score (nSPS) is 16.0. The molecule has 174 valence electrons. The van der Waals surface area contributed by atoms with E-state index in [1.54, 1.807) is 41.2 Å². The molecule has 1 aliphatic heterocycles. The van der Waals surface area contributed by atoms with Gasteiger partial charge >= 0.3 is 0 Å². The Hall–Kier alpha value is -3.85. The van der Waals surface area contributed by atoms with Gasteiger partial charge in [0.15, 0.2) is 0 Å². The number of nitrogens with zero attached hydrogens (tertiary/aromatic N) is 5. The van der Waals surface area contributed by atoms with E-state index in [-0.39, 0.29) is 17.3 Å². The van der Waals surface area contributed by atoms with Crippen LogP contribution in [-0.4, -0.2) is 69.4 Å². The highest BCUT2D eigenvalue weighted by Gasteiger charge is 2.27. The van der Waals surface area contributed by atoms with Gasteiger partial charge in [-0.05, 0) is 75.0 Å². The molecule has 0 bridgehead atoms. The minimum Gasteiger partial charge on any atom is -0.338 e. The minimum atomic E-state index is -0.383. The molecular weight excluding hydrogens is 435 g/mol. The molecule has 0 saturated carbocycles. The van der Waals surface area contributed by atoms with Crippen LogP contribution in [0.3, 0.4) is 0 Å². The number of H-pyrrole nitrogens is 1. The number of carbonyl (C=O) groups is 1. The molecule has 3 heterocycles. The third-order valence-electron chi connectivity index (χ3n) is 6.15. The van der Waals surface area contributed by atoms with Gasteiger partial charge in [0, 0.05) is 36.1 Å². The molecule has 0 radical (unpaired) electrons. The highest BCUT2D eigenvalue weighted by atomic mass is 19.1. The molecule has 0 aliphatic carbocycles. The van der Waals surface area contributed by atoms with Crippen molar-refractivity contribution in [1.29, 1.82) is 0 Å². The number of pyridine rings is 1. The van der Waals surface area contributed by atoms with Gasteiger partial charge in [-0.1, -0.05) is 5.21 Å². The van der Waals surface area contributed by atoms with E-state index in [0.717, 1.165) is 26.1 Å². The largest absolute Gasteiger partial charge is 0.338 e. The average molecular weight is 461 g/mol. The zero-order valence-electron chi connectivity index (χ0n) is 19.0. The van der Waals surface area contributed by atoms with Gasteiger partial charge in [-0.15, -0.1) is 5.10 Å². The van der Waals surface area contributed by atoms with Gasteiger partial charge in [0.05, 0.1) is 17.4 Å². The second-order valence-electron chi connectivity index (χ2n) is 9.01. The van der Waals surface area contributed by atoms with Crippen LogP contribution in [0.15, 0.2) is 59.5 Å². The van der Waals surface area contributed by atoms with Gasteiger partial charge in [0.2, 0.25) is 0 Å². The van der Waals surface area contributed by atoms with Crippen LogP contribution < -0.4 is 5.56 Å². The van der Waals surface area contributed by atoms with Crippen LogP contribution in [0.1, 0.15) is 16.8 Å². The number of rotatable bonds is 5. The number of hydrogen-bond donors (Lipinski definition) is 1. The maximum atomic E-state index is 13.6. The molecule has 1 N–H and O–H groups in total. The number of hydrogen-bond acceptors (Lipinski definition) is 5. The Kier molecular flexibility index (Phi) is 5.70. The third-order valence-corrected chi connectivity index (χ3v) is 6.15. The summed E-state index contributed by atoms with van der Waals surface area (Å²) in [5.41, 5.74) is 2.24. The molecule has 4 aromatic rings. The van der Waals surface area contributed by atoms with Crippen LogP contribution in [0.2, 0.25) is 0 Å². The molecule has 9 heteroatoms. The zero-order valence-corrected chi connectivity index (χ0v) is 19.0. The lowest BCUT2D eigenvalue weighted by atomic mass is 10.1. The lowest BCUT2D eigenvalue weighted by Crippen LogP contribution is -2.30. The summed E-state index contributed by atoms with van der Waals surface area (Å²) in [5, 5.41) is 8.83. The molecule has 1 fully saturated rings. The van der Waals surface area contributed by atoms with Gasteiger partial charge in [0.1, 0.15) is 11.5 Å². The summed E-state index contributed by atoms with van der Waals surface area (Å²) in [7, 11) is 4.10. The molecule has 5 rings (SSSR count). The summed E-state index contributed by atoms with van der Waals surface area (Å²) in [6, 6.07) is 13.0. The lowest BCUT2D eigenvalue weighted by Gasteiger charge is -2.18. The molecule has 1 aliphatic rings. The predicted molar refractivity (Wildman–Crippen MR) is 127 cm³/mol. The number of benzene rings is 2. The van der Waals surface area contributed by atoms with Crippen molar-refractivity contribution in [2.24, 2.45) is 5.92 Å². The standard InChI is InChI=1S/C25H25FN6O2/c1-30(2)13-16-9-10-31(14-16)25(34)17-3-6-20(7-4-17)32-15-23(28-29-32)21-12-18-11-19(26)5-8-22(18)27-24(21)33/h3-8,11-12,15-16H,9-10,13-14H2,1-2H3,(H,27,33)/t16-/m0/s1. The summed E-state index contributed by atoms with van der Waals surface area (Å²) in [4.78, 5) is 32.2. The highest BCUT2D eigenvalue weighted by Crippen LogP contribution is 2.22. The van der Waals surface area contributed by atoms with Crippen molar-refractivity contribution >= 4 is 16.8 Å². The molecule has 2 aromatic carbocycles. The molecule has 1 saturated heterocycles. The van der Waals surface area contributed by atoms with Crippen LogP contribution in [-0.2, 0) is 0 Å². The van der Waals surface area contributed by atoms with Crippen LogP contribution in [0, 0.1) is 11.7 Å². The molecule has 0 spiro atoms. The number of fused-ring (bicyclic) bond motifs is 1. The van der Waals surface area contributed by atoms with Crippen LogP contribution in [0.4, 0.5) is 4.39 Å². The van der Waals surface area contributed by atoms with Gasteiger partial charge < -0.3 is 14.8 Å². The van der Waals surface area contributed by atoms with E-state index in [0.29, 0.717) is 39.3 Å². The first-order chi connectivity index (χ1) is 16.4. The van der Waals surface area contributed by atoms with E-state index in [1.807, 2.05) is 4.90 Å². The Bertz CT molecular complexity index is 1410. The van der Waals surface area contributed by atoms with Crippen molar-refractivity contribution in [3.63, 3.8) is 0 Å². The molecule has 2 aromatic heterocycles. The second kappa shape index (κ2) is 8.83. The Morgan fingerprint density at radius 3 is 2.74 bits per heavy atom. The number of nitrogens with one attached hydrogen (secondary N) is 1. The van der Waals surface area contributed by atoms with Crippen molar-refractivity contribution in [1.82, 2.24) is 29.8 Å². The topological polar surface area (TPSA) is 87.1 Å². The Balaban J connectivity index is 1.34. The van der Waals surface area contributed by atoms with Crippen LogP contribution in [0.25, 0.3) is 27.8 Å². The van der Waals surface area contributed by atoms with Gasteiger partial charge in [-0.2, -0.15) is 0 Å². The minimum absolute atomic E-state index is 0.0296. The first kappa shape index (κ1) is 22.0. The number of likely N-dealkylation sites (tertiary alicyclic amines) is 1. The van der Waals surface area contributed by atoms with Crippen molar-refractivity contribution < 1.29 is 9.18 Å². The number of amides is 1. The van der Waals surface area contributed by atoms with Crippen molar-refractivity contribution in [3.05, 3.63) is 76.5 Å². The Labute approximate surface area is 195 Å². The molecule has 1 amide bonds. The molecule has 0 unspecified atom stereocenters. The maximum Gasteiger partial charge on any atom is 0.258 e. The second-order valence-corrected chi connectivity index (χ2v) is 9.01. The molecular formula is C25H25FN6O2. The Morgan fingerprint density at radius 1 is 1.18 bits per heavy atom. The number of aromatic amines is 1. The fourth-order valence-corrected chi connectivity index (χ4v) is 4.50. The number of aromatic nitrogens is 4. The molecule has 34 heavy (non-hydrogen) atoms. The fourth-order valence-electron chi connectivity index (χ4n) is 4.50. The summed E-state index contributed by atoms with van der Waals surface area (Å²) >= 11 is 0. The van der Waals surface area contributed by atoms with E-state index in [2.05, 4.69) is 34.3 Å². The van der Waals surface area contributed by atoms with Gasteiger partial charge in [0.25, 0.3) is 11.5 Å². The summed E-state index contributed by atoms with van der Waals surface area (Å²) < 4.78 is 15.1. The molecule has 1 atom stereocenters. The van der Waals surface area contributed by atoms with Gasteiger partial charge in [-0.3, -0.25) is 9.59 Å². The predicted octanol–water partition coefficient (Wildman–Crippen LogP) is 2.94. The maximum absolute atomic E-state index is 13.6. The monoisotopic (exact) mass is 460 g/mol. The van der Waals surface area contributed by atoms with E-state index in [9.17, 15) is 14.0 Å². The third kappa shape index (κ3) is 4.34. The van der Waals surface area contributed by atoms with Crippen molar-refractivity contribution in [2.75, 3.05) is 33.7 Å². The Morgan fingerprint density at radius 2 is 1.97 bits per heavy atom. The van der Waals surface area contributed by atoms with E-state index in [1.165, 1.54) is 18.2 Å². The van der Waals surface area contributed by atoms with Crippen molar-refractivity contribution in [2.45, 2.75) is 6.42 Å². The number of carbonyl (C=O) groups excluding carboxylic acids is 1.